The summed E-state index contributed by atoms with van der Waals surface area (Å²) < 4.78 is 0. The van der Waals surface area contributed by atoms with Crippen molar-refractivity contribution in [3.8, 4) is 0 Å². The van der Waals surface area contributed by atoms with Gasteiger partial charge in [0.05, 0.1) is 0 Å². The highest BCUT2D eigenvalue weighted by molar-refractivity contribution is 6.08. The number of hydrogen-bond donors (Lipinski definition) is 2. The fraction of sp³-hybridized carbons (Fsp3) is 0.0833. The number of benzene rings is 2. The normalized spacial score (nSPS) is 10.4. The van der Waals surface area contributed by atoms with Crippen molar-refractivity contribution < 1.29 is 0 Å². The van der Waals surface area contributed by atoms with Gasteiger partial charge in [-0.05, 0) is 23.3 Å². The van der Waals surface area contributed by atoms with Crippen molar-refractivity contribution in [2.45, 2.75) is 6.92 Å². The minimum absolute atomic E-state index is 0.126. The van der Waals surface area contributed by atoms with E-state index in [1.54, 1.807) is 0 Å². The van der Waals surface area contributed by atoms with Gasteiger partial charge in [-0.15, -0.1) is 0 Å². The molecular weight excluding hydrogens is 172 g/mol. The maximum Gasteiger partial charge on any atom is 0.123 e. The molecule has 0 aliphatic rings. The topological polar surface area (TPSA) is 49.9 Å². The minimum atomic E-state index is 0.126. The number of nitrogens with one attached hydrogen (secondary N) is 1. The van der Waals surface area contributed by atoms with Crippen LogP contribution in [0, 0.1) is 12.3 Å². The molecule has 2 nitrogen and oxygen atoms in total. The number of amidine groups is 1. The van der Waals surface area contributed by atoms with Crippen molar-refractivity contribution in [3.05, 3.63) is 47.5 Å². The zero-order valence-corrected chi connectivity index (χ0v) is 8.04. The fourth-order valence-corrected chi connectivity index (χ4v) is 1.68. The van der Waals surface area contributed by atoms with Gasteiger partial charge >= 0.3 is 0 Å². The predicted octanol–water partition coefficient (Wildman–Crippen LogP) is 2.43. The van der Waals surface area contributed by atoms with Gasteiger partial charge in [-0.2, -0.15) is 0 Å². The van der Waals surface area contributed by atoms with Gasteiger partial charge in [0, 0.05) is 5.56 Å². The van der Waals surface area contributed by atoms with E-state index in [0.717, 1.165) is 10.9 Å². The lowest BCUT2D eigenvalue weighted by atomic mass is 10.00. The zero-order chi connectivity index (χ0) is 10.1. The summed E-state index contributed by atoms with van der Waals surface area (Å²) in [5, 5.41) is 9.69. The lowest BCUT2D eigenvalue weighted by Crippen LogP contribution is -2.11. The Morgan fingerprint density at radius 2 is 1.71 bits per heavy atom. The molecule has 3 N–H and O–H groups in total. The van der Waals surface area contributed by atoms with Crippen molar-refractivity contribution in [1.29, 1.82) is 5.41 Å². The Kier molecular flexibility index (Phi) is 1.97. The van der Waals surface area contributed by atoms with E-state index in [9.17, 15) is 0 Å². The van der Waals surface area contributed by atoms with Crippen LogP contribution in [0.25, 0.3) is 10.8 Å². The molecule has 0 atom stereocenters. The Balaban J connectivity index is 2.88. The van der Waals surface area contributed by atoms with E-state index in [1.807, 2.05) is 30.3 Å². The number of nitrogens with two attached hydrogens (primary N) is 1. The van der Waals surface area contributed by atoms with Crippen molar-refractivity contribution in [3.63, 3.8) is 0 Å². The molecule has 0 unspecified atom stereocenters. The quantitative estimate of drug-likeness (QED) is 0.519. The molecule has 0 bridgehead atoms. The molecule has 0 aliphatic heterocycles. The summed E-state index contributed by atoms with van der Waals surface area (Å²) in [5.41, 5.74) is 7.54. The second kappa shape index (κ2) is 3.14. The summed E-state index contributed by atoms with van der Waals surface area (Å²) in [6.07, 6.45) is 0. The molecule has 0 fully saturated rings. The predicted molar refractivity (Wildman–Crippen MR) is 59.7 cm³/mol. The van der Waals surface area contributed by atoms with Crippen LogP contribution in [-0.2, 0) is 0 Å². The largest absolute Gasteiger partial charge is 0.384 e. The molecule has 70 valence electrons. The Labute approximate surface area is 82.9 Å². The van der Waals surface area contributed by atoms with Crippen LogP contribution in [0.2, 0.25) is 0 Å². The summed E-state index contributed by atoms with van der Waals surface area (Å²) in [6, 6.07) is 11.9. The lowest BCUT2D eigenvalue weighted by Gasteiger charge is -2.06. The molecule has 0 aromatic heterocycles. The van der Waals surface area contributed by atoms with Gasteiger partial charge in [0.2, 0.25) is 0 Å². The summed E-state index contributed by atoms with van der Waals surface area (Å²) in [6.45, 7) is 2.06. The summed E-state index contributed by atoms with van der Waals surface area (Å²) in [7, 11) is 0. The average molecular weight is 184 g/mol. The number of rotatable bonds is 1. The van der Waals surface area contributed by atoms with Crippen LogP contribution in [-0.4, -0.2) is 5.84 Å². The van der Waals surface area contributed by atoms with Crippen LogP contribution in [0.4, 0.5) is 0 Å². The van der Waals surface area contributed by atoms with E-state index in [1.165, 1.54) is 10.9 Å². The van der Waals surface area contributed by atoms with Crippen LogP contribution in [0.15, 0.2) is 36.4 Å². The Hall–Kier alpha value is -1.83. The Morgan fingerprint density at radius 1 is 1.07 bits per heavy atom. The van der Waals surface area contributed by atoms with E-state index in [2.05, 4.69) is 13.0 Å². The first kappa shape index (κ1) is 8.75. The van der Waals surface area contributed by atoms with Crippen molar-refractivity contribution in [2.75, 3.05) is 0 Å². The van der Waals surface area contributed by atoms with Gasteiger partial charge in [0.1, 0.15) is 5.84 Å². The van der Waals surface area contributed by atoms with Gasteiger partial charge in [-0.3, -0.25) is 5.41 Å². The Bertz CT molecular complexity index is 501. The van der Waals surface area contributed by atoms with Crippen LogP contribution in [0.3, 0.4) is 0 Å². The van der Waals surface area contributed by atoms with E-state index >= 15 is 0 Å². The average Bonchev–Trinajstić information content (AvgIpc) is 2.18. The molecule has 0 radical (unpaired) electrons. The zero-order valence-electron chi connectivity index (χ0n) is 8.04. The van der Waals surface area contributed by atoms with Gasteiger partial charge in [-0.25, -0.2) is 0 Å². The monoisotopic (exact) mass is 184 g/mol. The summed E-state index contributed by atoms with van der Waals surface area (Å²) in [4.78, 5) is 0. The summed E-state index contributed by atoms with van der Waals surface area (Å²) in [5.74, 6) is 0.126. The van der Waals surface area contributed by atoms with Gasteiger partial charge in [-0.1, -0.05) is 36.4 Å². The van der Waals surface area contributed by atoms with Crippen LogP contribution in [0.5, 0.6) is 0 Å². The third kappa shape index (κ3) is 1.25. The molecule has 2 aromatic rings. The lowest BCUT2D eigenvalue weighted by molar-refractivity contribution is 1.43. The number of aryl methyl sites for hydroxylation is 1. The first-order valence-corrected chi connectivity index (χ1v) is 4.53. The fourth-order valence-electron chi connectivity index (χ4n) is 1.68. The molecule has 0 saturated heterocycles. The Morgan fingerprint density at radius 3 is 2.36 bits per heavy atom. The number of hydrogen-bond acceptors (Lipinski definition) is 1. The molecular formula is C12H12N2. The van der Waals surface area contributed by atoms with Gasteiger partial charge < -0.3 is 5.73 Å². The minimum Gasteiger partial charge on any atom is -0.384 e. The maximum atomic E-state index is 7.47. The molecule has 0 heterocycles. The molecule has 2 heteroatoms. The third-order valence-corrected chi connectivity index (χ3v) is 2.43. The summed E-state index contributed by atoms with van der Waals surface area (Å²) >= 11 is 0. The highest BCUT2D eigenvalue weighted by Crippen LogP contribution is 2.21. The first-order chi connectivity index (χ1) is 6.70. The molecule has 0 amide bonds. The second-order valence-electron chi connectivity index (χ2n) is 3.39. The highest BCUT2D eigenvalue weighted by atomic mass is 14.7. The van der Waals surface area contributed by atoms with Gasteiger partial charge in [0.25, 0.3) is 0 Å². The molecule has 2 rings (SSSR count). The molecule has 14 heavy (non-hydrogen) atoms. The number of fused-ring (bicyclic) bond motifs is 1. The van der Waals surface area contributed by atoms with Crippen LogP contribution in [0.1, 0.15) is 11.1 Å². The van der Waals surface area contributed by atoms with Crippen molar-refractivity contribution in [2.24, 2.45) is 5.73 Å². The number of nitrogen functional groups attached to an aromatic ring is 1. The molecule has 2 aromatic carbocycles. The second-order valence-corrected chi connectivity index (χ2v) is 3.39. The third-order valence-electron chi connectivity index (χ3n) is 2.43. The molecule has 0 saturated carbocycles. The van der Waals surface area contributed by atoms with Crippen molar-refractivity contribution in [1.82, 2.24) is 0 Å². The SMILES string of the molecule is Cc1ccc(C(=N)N)c2ccccc12. The molecule has 0 aliphatic carbocycles. The van der Waals surface area contributed by atoms with E-state index in [0.29, 0.717) is 0 Å². The maximum absolute atomic E-state index is 7.47. The van der Waals surface area contributed by atoms with Crippen LogP contribution < -0.4 is 5.73 Å². The van der Waals surface area contributed by atoms with Crippen molar-refractivity contribution >= 4 is 16.6 Å². The smallest absolute Gasteiger partial charge is 0.123 e. The van der Waals surface area contributed by atoms with E-state index in [-0.39, 0.29) is 5.84 Å². The highest BCUT2D eigenvalue weighted by Gasteiger charge is 2.04. The van der Waals surface area contributed by atoms with Gasteiger partial charge in [0.15, 0.2) is 0 Å². The van der Waals surface area contributed by atoms with E-state index in [4.69, 9.17) is 11.1 Å². The first-order valence-electron chi connectivity index (χ1n) is 4.53. The van der Waals surface area contributed by atoms with E-state index < -0.39 is 0 Å². The standard InChI is InChI=1S/C12H12N2/c1-8-6-7-11(12(13)14)10-5-3-2-4-9(8)10/h2-7H,1H3,(H3,13,14). The van der Waals surface area contributed by atoms with Crippen LogP contribution >= 0.6 is 0 Å². The molecule has 0 spiro atoms.